The lowest BCUT2D eigenvalue weighted by atomic mass is 9.63. The van der Waals surface area contributed by atoms with Crippen molar-refractivity contribution in [2.24, 2.45) is 5.41 Å². The van der Waals surface area contributed by atoms with E-state index in [1.165, 1.54) is 0 Å². The van der Waals surface area contributed by atoms with E-state index in [9.17, 15) is 5.11 Å². The average molecular weight is 185 g/mol. The molecular formula is C10H19NO2. The molecule has 0 amide bonds. The van der Waals surface area contributed by atoms with Crippen LogP contribution in [0.2, 0.25) is 0 Å². The number of aliphatic hydroxyl groups excluding tert-OH is 1. The molecule has 3 rings (SSSR count). The van der Waals surface area contributed by atoms with Crippen molar-refractivity contribution in [2.75, 3.05) is 33.4 Å². The van der Waals surface area contributed by atoms with Gasteiger partial charge < -0.3 is 14.7 Å². The first-order chi connectivity index (χ1) is 6.14. The van der Waals surface area contributed by atoms with Crippen molar-refractivity contribution in [3.05, 3.63) is 0 Å². The van der Waals surface area contributed by atoms with Gasteiger partial charge in [-0.05, 0) is 26.4 Å². The minimum atomic E-state index is 0.0908. The van der Waals surface area contributed by atoms with Gasteiger partial charge in [0.2, 0.25) is 0 Å². The summed E-state index contributed by atoms with van der Waals surface area (Å²) in [6, 6.07) is 0. The molecule has 1 saturated carbocycles. The normalized spacial score (nSPS) is 42.5. The monoisotopic (exact) mass is 185 g/mol. The Bertz CT molecular complexity index is 199. The fourth-order valence-corrected chi connectivity index (χ4v) is 2.74. The Balaban J connectivity index is 1.90. The molecule has 3 fully saturated rings. The molecule has 0 radical (unpaired) electrons. The number of nitrogens with zero attached hydrogens (tertiary/aromatic N) is 1. The number of hydrogen-bond acceptors (Lipinski definition) is 3. The first-order valence-electron chi connectivity index (χ1n) is 5.07. The maximum absolute atomic E-state index is 9.18. The molecule has 0 aromatic carbocycles. The van der Waals surface area contributed by atoms with Crippen molar-refractivity contribution in [3.63, 3.8) is 0 Å². The van der Waals surface area contributed by atoms with E-state index in [2.05, 4.69) is 18.9 Å². The Hall–Kier alpha value is -0.120. The largest absolute Gasteiger partial charge is 0.396 e. The molecular weight excluding hydrogens is 166 g/mol. The SMILES string of the molecule is CCN(C)CC12CC(CO)(CO1)C2. The number of likely N-dealkylation sites (N-methyl/N-ethyl adjacent to an activating group) is 1. The van der Waals surface area contributed by atoms with Crippen LogP contribution >= 0.6 is 0 Å². The molecule has 0 unspecified atom stereocenters. The Labute approximate surface area is 79.7 Å². The minimum Gasteiger partial charge on any atom is -0.396 e. The second-order valence-corrected chi connectivity index (χ2v) is 4.81. The van der Waals surface area contributed by atoms with Gasteiger partial charge in [0.1, 0.15) is 0 Å². The van der Waals surface area contributed by atoms with Gasteiger partial charge in [-0.3, -0.25) is 0 Å². The molecule has 1 aliphatic carbocycles. The fourth-order valence-electron chi connectivity index (χ4n) is 2.74. The summed E-state index contributed by atoms with van der Waals surface area (Å²) < 4.78 is 5.78. The molecule has 2 bridgehead atoms. The molecule has 3 aliphatic rings. The maximum atomic E-state index is 9.18. The van der Waals surface area contributed by atoms with Crippen LogP contribution < -0.4 is 0 Å². The highest BCUT2D eigenvalue weighted by atomic mass is 16.5. The highest BCUT2D eigenvalue weighted by Crippen LogP contribution is 2.57. The molecule has 3 nitrogen and oxygen atoms in total. The Kier molecular flexibility index (Phi) is 2.13. The van der Waals surface area contributed by atoms with Gasteiger partial charge in [0, 0.05) is 12.0 Å². The summed E-state index contributed by atoms with van der Waals surface area (Å²) in [7, 11) is 2.12. The summed E-state index contributed by atoms with van der Waals surface area (Å²) in [6.07, 6.45) is 2.11. The van der Waals surface area contributed by atoms with Gasteiger partial charge in [-0.25, -0.2) is 0 Å². The first kappa shape index (κ1) is 9.44. The van der Waals surface area contributed by atoms with Crippen molar-refractivity contribution in [1.82, 2.24) is 4.90 Å². The zero-order chi connectivity index (χ0) is 9.53. The van der Waals surface area contributed by atoms with Crippen molar-refractivity contribution >= 4 is 0 Å². The molecule has 0 aromatic rings. The molecule has 2 heterocycles. The van der Waals surface area contributed by atoms with Gasteiger partial charge in [0.15, 0.2) is 0 Å². The van der Waals surface area contributed by atoms with Crippen LogP contribution in [-0.2, 0) is 4.74 Å². The van der Waals surface area contributed by atoms with Crippen LogP contribution in [0.1, 0.15) is 19.8 Å². The number of aliphatic hydroxyl groups is 1. The van der Waals surface area contributed by atoms with Crippen LogP contribution in [-0.4, -0.2) is 49.0 Å². The lowest BCUT2D eigenvalue weighted by molar-refractivity contribution is -0.0473. The van der Waals surface area contributed by atoms with E-state index in [0.717, 1.165) is 32.5 Å². The number of hydrogen-bond donors (Lipinski definition) is 1. The Morgan fingerprint density at radius 3 is 2.62 bits per heavy atom. The van der Waals surface area contributed by atoms with E-state index in [0.29, 0.717) is 6.61 Å². The molecule has 2 aliphatic heterocycles. The van der Waals surface area contributed by atoms with Crippen molar-refractivity contribution < 1.29 is 9.84 Å². The summed E-state index contributed by atoms with van der Waals surface area (Å²) in [5, 5.41) is 9.18. The average Bonchev–Trinajstić information content (AvgIpc) is 2.59. The third-order valence-electron chi connectivity index (χ3n) is 3.51. The Morgan fingerprint density at radius 2 is 2.15 bits per heavy atom. The van der Waals surface area contributed by atoms with Gasteiger partial charge in [0.25, 0.3) is 0 Å². The topological polar surface area (TPSA) is 32.7 Å². The first-order valence-corrected chi connectivity index (χ1v) is 5.07. The van der Waals surface area contributed by atoms with E-state index >= 15 is 0 Å². The van der Waals surface area contributed by atoms with Crippen LogP contribution in [0.5, 0.6) is 0 Å². The summed E-state index contributed by atoms with van der Waals surface area (Å²) in [4.78, 5) is 2.28. The van der Waals surface area contributed by atoms with Crippen LogP contribution in [0, 0.1) is 5.41 Å². The fraction of sp³-hybridized carbons (Fsp3) is 1.00. The molecule has 76 valence electrons. The highest BCUT2D eigenvalue weighted by molar-refractivity contribution is 5.11. The highest BCUT2D eigenvalue weighted by Gasteiger charge is 2.61. The molecule has 0 aromatic heterocycles. The summed E-state index contributed by atoms with van der Waals surface area (Å²) in [6.45, 7) is 5.30. The molecule has 0 spiro atoms. The van der Waals surface area contributed by atoms with Gasteiger partial charge in [-0.15, -0.1) is 0 Å². The zero-order valence-electron chi connectivity index (χ0n) is 8.55. The van der Waals surface area contributed by atoms with Crippen LogP contribution in [0.15, 0.2) is 0 Å². The lowest BCUT2D eigenvalue weighted by Gasteiger charge is -2.45. The lowest BCUT2D eigenvalue weighted by Crippen LogP contribution is -2.52. The second kappa shape index (κ2) is 2.94. The Morgan fingerprint density at radius 1 is 1.46 bits per heavy atom. The van der Waals surface area contributed by atoms with E-state index < -0.39 is 0 Å². The number of rotatable bonds is 4. The van der Waals surface area contributed by atoms with Gasteiger partial charge in [0.05, 0.1) is 18.8 Å². The smallest absolute Gasteiger partial charge is 0.0823 e. The zero-order valence-corrected chi connectivity index (χ0v) is 8.55. The maximum Gasteiger partial charge on any atom is 0.0823 e. The molecule has 13 heavy (non-hydrogen) atoms. The van der Waals surface area contributed by atoms with Crippen LogP contribution in [0.25, 0.3) is 0 Å². The van der Waals surface area contributed by atoms with E-state index in [1.807, 2.05) is 0 Å². The quantitative estimate of drug-likeness (QED) is 0.691. The van der Waals surface area contributed by atoms with Crippen molar-refractivity contribution in [2.45, 2.75) is 25.4 Å². The predicted octanol–water partition coefficient (Wildman–Crippen LogP) is 0.480. The van der Waals surface area contributed by atoms with E-state index in [-0.39, 0.29) is 11.0 Å². The molecule has 0 atom stereocenters. The summed E-state index contributed by atoms with van der Waals surface area (Å²) in [5.41, 5.74) is 0.224. The summed E-state index contributed by atoms with van der Waals surface area (Å²) in [5.74, 6) is 0. The van der Waals surface area contributed by atoms with Gasteiger partial charge >= 0.3 is 0 Å². The summed E-state index contributed by atoms with van der Waals surface area (Å²) >= 11 is 0. The third kappa shape index (κ3) is 1.39. The molecule has 1 N–H and O–H groups in total. The van der Waals surface area contributed by atoms with Gasteiger partial charge in [-0.2, -0.15) is 0 Å². The molecule has 3 heteroatoms. The predicted molar refractivity (Wildman–Crippen MR) is 50.6 cm³/mol. The van der Waals surface area contributed by atoms with Crippen molar-refractivity contribution in [1.29, 1.82) is 0 Å². The standard InChI is InChI=1S/C10H19NO2/c1-3-11(2)6-10-4-9(5-10,7-12)8-13-10/h12H,3-8H2,1-2H3. The number of fused-ring (bicyclic) bond motifs is 1. The number of ether oxygens (including phenoxy) is 1. The van der Waals surface area contributed by atoms with Gasteiger partial charge in [-0.1, -0.05) is 6.92 Å². The third-order valence-corrected chi connectivity index (χ3v) is 3.51. The second-order valence-electron chi connectivity index (χ2n) is 4.81. The minimum absolute atomic E-state index is 0.0908. The van der Waals surface area contributed by atoms with Crippen molar-refractivity contribution in [3.8, 4) is 0 Å². The van der Waals surface area contributed by atoms with Crippen LogP contribution in [0.3, 0.4) is 0 Å². The molecule has 2 saturated heterocycles. The van der Waals surface area contributed by atoms with E-state index in [4.69, 9.17) is 4.74 Å². The van der Waals surface area contributed by atoms with Crippen LogP contribution in [0.4, 0.5) is 0 Å². The van der Waals surface area contributed by atoms with E-state index in [1.54, 1.807) is 0 Å².